The summed E-state index contributed by atoms with van der Waals surface area (Å²) >= 11 is 0. The normalized spacial score (nSPS) is 14.7. The van der Waals surface area contributed by atoms with E-state index in [1.54, 1.807) is 0 Å². The molecule has 0 heterocycles. The Morgan fingerprint density at radius 3 is 2.11 bits per heavy atom. The van der Waals surface area contributed by atoms with Crippen LogP contribution in [0.25, 0.3) is 0 Å². The van der Waals surface area contributed by atoms with E-state index in [1.165, 1.54) is 9.88 Å². The van der Waals surface area contributed by atoms with Crippen molar-refractivity contribution in [3.63, 3.8) is 0 Å². The average Bonchev–Trinajstić information content (AvgIpc) is 2.91. The third-order valence-electron chi connectivity index (χ3n) is 6.43. The van der Waals surface area contributed by atoms with Crippen LogP contribution in [0.4, 0.5) is 5.69 Å². The second kappa shape index (κ2) is 12.4. The minimum Gasteiger partial charge on any atom is -0.347 e. The lowest BCUT2D eigenvalue weighted by atomic mass is 9.92. The molecule has 6 heteroatoms. The number of hydrogen-bond acceptors (Lipinski definition) is 3. The van der Waals surface area contributed by atoms with E-state index in [4.69, 9.17) is 0 Å². The van der Waals surface area contributed by atoms with Gasteiger partial charge in [-0.25, -0.2) is 8.42 Å². The number of carbonyl (C=O) groups excluding carboxylic acids is 1. The van der Waals surface area contributed by atoms with Crippen LogP contribution in [0.2, 0.25) is 0 Å². The largest absolute Gasteiger partial charge is 0.347 e. The first-order valence-electron chi connectivity index (χ1n) is 12.3. The molecule has 186 valence electrons. The van der Waals surface area contributed by atoms with Gasteiger partial charge in [0.2, 0.25) is 16.8 Å². The lowest BCUT2D eigenvalue weighted by Crippen LogP contribution is -2.40. The van der Waals surface area contributed by atoms with Gasteiger partial charge in [-0.1, -0.05) is 102 Å². The Morgan fingerprint density at radius 1 is 0.889 bits per heavy atom. The first-order valence-corrected chi connectivity index (χ1v) is 13.4. The predicted molar refractivity (Wildman–Crippen MR) is 146 cm³/mol. The summed E-state index contributed by atoms with van der Waals surface area (Å²) in [4.78, 5) is 13.3. The fourth-order valence-corrected chi connectivity index (χ4v) is 5.35. The highest BCUT2D eigenvalue weighted by molar-refractivity contribution is 7.74. The number of anilines is 1. The number of aryl methyl sites for hydroxylation is 1. The van der Waals surface area contributed by atoms with Crippen molar-refractivity contribution in [2.24, 2.45) is 0 Å². The monoisotopic (exact) mass is 500 g/mol. The van der Waals surface area contributed by atoms with E-state index >= 15 is 0 Å². The van der Waals surface area contributed by atoms with Crippen molar-refractivity contribution in [2.75, 3.05) is 4.31 Å². The molecule has 0 bridgehead atoms. The molecule has 0 aromatic heterocycles. The number of nitrogens with one attached hydrogen (secondary N) is 1. The van der Waals surface area contributed by atoms with Gasteiger partial charge in [0.25, 0.3) is 0 Å². The van der Waals surface area contributed by atoms with Gasteiger partial charge < -0.3 is 5.32 Å². The second-order valence-electron chi connectivity index (χ2n) is 9.00. The highest BCUT2D eigenvalue weighted by Crippen LogP contribution is 2.38. The van der Waals surface area contributed by atoms with Crippen LogP contribution >= 0.6 is 0 Å². The summed E-state index contributed by atoms with van der Waals surface area (Å²) < 4.78 is 27.0. The van der Waals surface area contributed by atoms with Crippen LogP contribution in [-0.4, -0.2) is 14.3 Å². The van der Waals surface area contributed by atoms with Crippen molar-refractivity contribution in [1.82, 2.24) is 5.32 Å². The molecular formula is C30H32N2O3S. The molecule has 0 saturated carbocycles. The molecule has 2 atom stereocenters. The van der Waals surface area contributed by atoms with Crippen molar-refractivity contribution in [1.29, 1.82) is 0 Å². The van der Waals surface area contributed by atoms with Gasteiger partial charge in [-0.05, 0) is 49.4 Å². The highest BCUT2D eigenvalue weighted by atomic mass is 32.2. The Hall–Kier alpha value is -3.64. The maximum atomic E-state index is 13.3. The fourth-order valence-electron chi connectivity index (χ4n) is 4.56. The summed E-state index contributed by atoms with van der Waals surface area (Å²) in [5.74, 6) is -0.106. The molecule has 3 aromatic carbocycles. The minimum atomic E-state index is -3.01. The van der Waals surface area contributed by atoms with E-state index in [2.05, 4.69) is 23.5 Å². The molecule has 4 rings (SSSR count). The molecule has 0 saturated heterocycles. The number of thiol groups is 1. The van der Waals surface area contributed by atoms with Gasteiger partial charge in [-0.3, -0.25) is 9.10 Å². The molecule has 0 fully saturated rings. The Bertz CT molecular complexity index is 1270. The van der Waals surface area contributed by atoms with Gasteiger partial charge in [-0.15, -0.1) is 0 Å². The van der Waals surface area contributed by atoms with Gasteiger partial charge >= 0.3 is 0 Å². The van der Waals surface area contributed by atoms with Crippen LogP contribution in [0, 0.1) is 6.92 Å². The number of amides is 1. The van der Waals surface area contributed by atoms with Crippen molar-refractivity contribution < 1.29 is 13.2 Å². The Labute approximate surface area is 215 Å². The fraction of sp³-hybridized carbons (Fsp3) is 0.233. The zero-order valence-electron chi connectivity index (χ0n) is 20.4. The van der Waals surface area contributed by atoms with Crippen LogP contribution < -0.4 is 9.62 Å². The molecule has 2 unspecified atom stereocenters. The molecule has 36 heavy (non-hydrogen) atoms. The average molecular weight is 501 g/mol. The van der Waals surface area contributed by atoms with Gasteiger partial charge in [0, 0.05) is 6.42 Å². The Balaban J connectivity index is 1.73. The van der Waals surface area contributed by atoms with E-state index in [-0.39, 0.29) is 5.91 Å². The zero-order chi connectivity index (χ0) is 25.3. The smallest absolute Gasteiger partial charge is 0.225 e. The first kappa shape index (κ1) is 25.5. The summed E-state index contributed by atoms with van der Waals surface area (Å²) in [6, 6.07) is 25.2. The first-order chi connectivity index (χ1) is 17.5. The summed E-state index contributed by atoms with van der Waals surface area (Å²) in [6.07, 6.45) is 9.25. The summed E-state index contributed by atoms with van der Waals surface area (Å²) in [7, 11) is -3.01. The molecule has 3 aromatic rings. The summed E-state index contributed by atoms with van der Waals surface area (Å²) in [5, 5.41) is 3.19. The molecule has 1 aliphatic carbocycles. The SMILES string of the molecule is Cc1ccc(N(C(c2ccccc2)C(NC(=O)CCC2=CCC=CC2)c2ccccc2)[SH](=O)=O)cc1. The number of benzene rings is 3. The molecule has 5 nitrogen and oxygen atoms in total. The van der Waals surface area contributed by atoms with Crippen molar-refractivity contribution >= 4 is 22.5 Å². The number of hydrogen-bond donors (Lipinski definition) is 2. The molecular weight excluding hydrogens is 468 g/mol. The molecule has 0 aliphatic heterocycles. The Kier molecular flexibility index (Phi) is 8.74. The predicted octanol–water partition coefficient (Wildman–Crippen LogP) is 5.98. The van der Waals surface area contributed by atoms with Crippen molar-refractivity contribution in [3.05, 3.63) is 125 Å². The van der Waals surface area contributed by atoms with E-state index in [0.717, 1.165) is 29.5 Å². The quantitative estimate of drug-likeness (QED) is 0.266. The topological polar surface area (TPSA) is 66.5 Å². The van der Waals surface area contributed by atoms with Crippen LogP contribution in [0.3, 0.4) is 0 Å². The van der Waals surface area contributed by atoms with E-state index in [9.17, 15) is 13.2 Å². The maximum Gasteiger partial charge on any atom is 0.225 e. The molecule has 1 N–H and O–H groups in total. The van der Waals surface area contributed by atoms with Crippen LogP contribution in [0.15, 0.2) is 109 Å². The van der Waals surface area contributed by atoms with Crippen LogP contribution in [0.5, 0.6) is 0 Å². The van der Waals surface area contributed by atoms with Gasteiger partial charge in [-0.2, -0.15) is 0 Å². The third kappa shape index (κ3) is 6.52. The zero-order valence-corrected chi connectivity index (χ0v) is 21.3. The van der Waals surface area contributed by atoms with Crippen molar-refractivity contribution in [2.45, 2.75) is 44.7 Å². The van der Waals surface area contributed by atoms with Crippen molar-refractivity contribution in [3.8, 4) is 0 Å². The van der Waals surface area contributed by atoms with Gasteiger partial charge in [0.1, 0.15) is 0 Å². The lowest BCUT2D eigenvalue weighted by Gasteiger charge is -2.36. The molecule has 1 aliphatic rings. The van der Waals surface area contributed by atoms with E-state index < -0.39 is 23.0 Å². The maximum absolute atomic E-state index is 13.3. The van der Waals surface area contributed by atoms with Gasteiger partial charge in [0.05, 0.1) is 17.8 Å². The molecule has 0 spiro atoms. The number of rotatable bonds is 10. The van der Waals surface area contributed by atoms with Crippen LogP contribution in [0.1, 0.15) is 54.5 Å². The van der Waals surface area contributed by atoms with E-state index in [1.807, 2.05) is 91.9 Å². The van der Waals surface area contributed by atoms with Gasteiger partial charge in [0.15, 0.2) is 0 Å². The highest BCUT2D eigenvalue weighted by Gasteiger charge is 2.33. The second-order valence-corrected chi connectivity index (χ2v) is 9.91. The minimum absolute atomic E-state index is 0.106. The number of carbonyl (C=O) groups is 1. The van der Waals surface area contributed by atoms with E-state index in [0.29, 0.717) is 18.5 Å². The number of nitrogens with zero attached hydrogens (tertiary/aromatic N) is 1. The lowest BCUT2D eigenvalue weighted by molar-refractivity contribution is -0.122. The van der Waals surface area contributed by atoms with Crippen LogP contribution in [-0.2, 0) is 15.7 Å². The Morgan fingerprint density at radius 2 is 1.53 bits per heavy atom. The number of allylic oxidation sites excluding steroid dienone is 4. The summed E-state index contributed by atoms with van der Waals surface area (Å²) in [6.45, 7) is 1.96. The summed E-state index contributed by atoms with van der Waals surface area (Å²) in [5.41, 5.74) is 4.49. The standard InChI is InChI=1S/C30H32N2O3S/c1-23-17-20-27(21-18-23)32(36(34)35)30(26-15-9-4-10-16-26)29(25-13-7-3-8-14-25)31-28(33)22-19-24-11-5-2-6-12-24/h2-5,7-10,12-18,20-21,29-30,36H,6,11,19,22H2,1H3,(H,31,33). The molecule has 1 amide bonds. The molecule has 0 radical (unpaired) electrons. The third-order valence-corrected chi connectivity index (χ3v) is 7.26.